The lowest BCUT2D eigenvalue weighted by Crippen LogP contribution is -2.21. The van der Waals surface area contributed by atoms with Gasteiger partial charge in [0.15, 0.2) is 0 Å². The van der Waals surface area contributed by atoms with Crippen molar-refractivity contribution in [1.29, 1.82) is 0 Å². The van der Waals surface area contributed by atoms with E-state index in [4.69, 9.17) is 4.74 Å². The van der Waals surface area contributed by atoms with Crippen LogP contribution in [0.25, 0.3) is 0 Å². The summed E-state index contributed by atoms with van der Waals surface area (Å²) >= 11 is 0. The Hall–Kier alpha value is -2.47. The SMILES string of the molecule is Cc1nc(NCC2CCCO2)cc(C(=O)Nc2c(C)cccc2C(C)C)n1. The van der Waals surface area contributed by atoms with Gasteiger partial charge >= 0.3 is 0 Å². The molecule has 0 bridgehead atoms. The predicted octanol–water partition coefficient (Wildman–Crippen LogP) is 4.06. The summed E-state index contributed by atoms with van der Waals surface area (Å²) in [4.78, 5) is 21.6. The van der Waals surface area contributed by atoms with Crippen molar-refractivity contribution in [2.24, 2.45) is 0 Å². The number of nitrogens with one attached hydrogen (secondary N) is 2. The van der Waals surface area contributed by atoms with Crippen LogP contribution in [-0.4, -0.2) is 35.1 Å². The molecule has 27 heavy (non-hydrogen) atoms. The third kappa shape index (κ3) is 4.83. The minimum absolute atomic E-state index is 0.207. The van der Waals surface area contributed by atoms with Crippen molar-refractivity contribution in [2.75, 3.05) is 23.8 Å². The lowest BCUT2D eigenvalue weighted by atomic mass is 9.98. The Balaban J connectivity index is 1.77. The van der Waals surface area contributed by atoms with E-state index in [1.165, 1.54) is 0 Å². The van der Waals surface area contributed by atoms with Crippen LogP contribution >= 0.6 is 0 Å². The number of ether oxygens (including phenoxy) is 1. The first-order valence-electron chi connectivity index (χ1n) is 9.56. The summed E-state index contributed by atoms with van der Waals surface area (Å²) < 4.78 is 5.63. The van der Waals surface area contributed by atoms with Crippen LogP contribution in [0.2, 0.25) is 0 Å². The van der Waals surface area contributed by atoms with E-state index < -0.39 is 0 Å². The second-order valence-corrected chi connectivity index (χ2v) is 7.35. The van der Waals surface area contributed by atoms with Crippen molar-refractivity contribution in [2.45, 2.75) is 52.6 Å². The molecule has 2 heterocycles. The number of anilines is 2. The van der Waals surface area contributed by atoms with Crippen LogP contribution < -0.4 is 10.6 Å². The molecule has 1 fully saturated rings. The van der Waals surface area contributed by atoms with Crippen LogP contribution in [0.5, 0.6) is 0 Å². The van der Waals surface area contributed by atoms with Gasteiger partial charge in [-0.05, 0) is 43.7 Å². The van der Waals surface area contributed by atoms with Crippen LogP contribution in [-0.2, 0) is 4.74 Å². The second kappa shape index (κ2) is 8.48. The minimum Gasteiger partial charge on any atom is -0.376 e. The maximum Gasteiger partial charge on any atom is 0.274 e. The molecule has 1 aromatic carbocycles. The van der Waals surface area contributed by atoms with Crippen LogP contribution in [0.1, 0.15) is 60.0 Å². The van der Waals surface area contributed by atoms with E-state index in [1.807, 2.05) is 25.1 Å². The molecule has 1 amide bonds. The molecule has 144 valence electrons. The number of para-hydroxylation sites is 1. The van der Waals surface area contributed by atoms with Gasteiger partial charge in [0.25, 0.3) is 5.91 Å². The zero-order chi connectivity index (χ0) is 19.4. The average Bonchev–Trinajstić information content (AvgIpc) is 3.14. The minimum atomic E-state index is -0.225. The zero-order valence-corrected chi connectivity index (χ0v) is 16.5. The van der Waals surface area contributed by atoms with Gasteiger partial charge in [-0.15, -0.1) is 0 Å². The van der Waals surface area contributed by atoms with Crippen LogP contribution in [0, 0.1) is 13.8 Å². The first-order chi connectivity index (χ1) is 12.9. The highest BCUT2D eigenvalue weighted by Gasteiger charge is 2.18. The summed E-state index contributed by atoms with van der Waals surface area (Å²) in [5.41, 5.74) is 3.38. The molecule has 3 rings (SSSR count). The molecule has 0 saturated carbocycles. The number of rotatable bonds is 6. The van der Waals surface area contributed by atoms with Gasteiger partial charge in [-0.25, -0.2) is 9.97 Å². The third-order valence-electron chi connectivity index (χ3n) is 4.77. The molecule has 1 atom stereocenters. The first kappa shape index (κ1) is 19.3. The maximum absolute atomic E-state index is 12.9. The monoisotopic (exact) mass is 368 g/mol. The van der Waals surface area contributed by atoms with Crippen molar-refractivity contribution in [3.8, 4) is 0 Å². The lowest BCUT2D eigenvalue weighted by Gasteiger charge is -2.17. The van der Waals surface area contributed by atoms with E-state index in [0.717, 1.165) is 36.3 Å². The van der Waals surface area contributed by atoms with Crippen molar-refractivity contribution in [3.05, 3.63) is 46.9 Å². The number of carbonyl (C=O) groups excluding carboxylic acids is 1. The summed E-state index contributed by atoms with van der Waals surface area (Å²) in [7, 11) is 0. The second-order valence-electron chi connectivity index (χ2n) is 7.35. The van der Waals surface area contributed by atoms with E-state index in [1.54, 1.807) is 13.0 Å². The summed E-state index contributed by atoms with van der Waals surface area (Å²) in [6, 6.07) is 7.77. The molecule has 0 radical (unpaired) electrons. The normalized spacial score (nSPS) is 16.6. The van der Waals surface area contributed by atoms with Gasteiger partial charge in [0.1, 0.15) is 17.3 Å². The highest BCUT2D eigenvalue weighted by molar-refractivity contribution is 6.04. The average molecular weight is 368 g/mol. The van der Waals surface area contributed by atoms with Crippen LogP contribution in [0.4, 0.5) is 11.5 Å². The number of hydrogen-bond donors (Lipinski definition) is 2. The summed E-state index contributed by atoms with van der Waals surface area (Å²) in [6.07, 6.45) is 2.35. The molecule has 2 aromatic rings. The molecule has 0 spiro atoms. The molecule has 1 aromatic heterocycles. The first-order valence-corrected chi connectivity index (χ1v) is 9.56. The zero-order valence-electron chi connectivity index (χ0n) is 16.5. The highest BCUT2D eigenvalue weighted by atomic mass is 16.5. The standard InChI is InChI=1S/C21H28N4O2/c1-13(2)17-9-5-7-14(3)20(17)25-21(26)18-11-19(24-15(4)23-18)22-12-16-8-6-10-27-16/h5,7,9,11,13,16H,6,8,10,12H2,1-4H3,(H,25,26)(H,22,23,24). The fraction of sp³-hybridized carbons (Fsp3) is 0.476. The van der Waals surface area contributed by atoms with Gasteiger partial charge in [-0.2, -0.15) is 0 Å². The highest BCUT2D eigenvalue weighted by Crippen LogP contribution is 2.28. The predicted molar refractivity (Wildman–Crippen MR) is 107 cm³/mol. The number of benzene rings is 1. The van der Waals surface area contributed by atoms with E-state index in [2.05, 4.69) is 34.4 Å². The third-order valence-corrected chi connectivity index (χ3v) is 4.77. The van der Waals surface area contributed by atoms with Crippen LogP contribution in [0.15, 0.2) is 24.3 Å². The fourth-order valence-corrected chi connectivity index (χ4v) is 3.32. The lowest BCUT2D eigenvalue weighted by molar-refractivity contribution is 0.102. The van der Waals surface area contributed by atoms with E-state index >= 15 is 0 Å². The van der Waals surface area contributed by atoms with Crippen LogP contribution in [0.3, 0.4) is 0 Å². The Kier molecular flexibility index (Phi) is 6.06. The Labute approximate surface area is 160 Å². The summed E-state index contributed by atoms with van der Waals surface area (Å²) in [6.45, 7) is 9.53. The number of carbonyl (C=O) groups is 1. The number of hydrogen-bond acceptors (Lipinski definition) is 5. The Morgan fingerprint density at radius 3 is 2.81 bits per heavy atom. The molecule has 0 aliphatic carbocycles. The van der Waals surface area contributed by atoms with E-state index in [0.29, 0.717) is 29.8 Å². The molecule has 1 aliphatic rings. The number of nitrogens with zero attached hydrogens (tertiary/aromatic N) is 2. The van der Waals surface area contributed by atoms with Crippen molar-refractivity contribution in [1.82, 2.24) is 9.97 Å². The molecular formula is C21H28N4O2. The molecule has 1 unspecified atom stereocenters. The maximum atomic E-state index is 12.9. The van der Waals surface area contributed by atoms with Gasteiger partial charge in [0.2, 0.25) is 0 Å². The van der Waals surface area contributed by atoms with E-state index in [-0.39, 0.29) is 12.0 Å². The molecule has 2 N–H and O–H groups in total. The summed E-state index contributed by atoms with van der Waals surface area (Å²) in [5, 5.41) is 6.32. The Morgan fingerprint density at radius 1 is 1.30 bits per heavy atom. The molecule has 1 aliphatic heterocycles. The smallest absolute Gasteiger partial charge is 0.274 e. The van der Waals surface area contributed by atoms with Crippen molar-refractivity contribution in [3.63, 3.8) is 0 Å². The van der Waals surface area contributed by atoms with Crippen molar-refractivity contribution >= 4 is 17.4 Å². The topological polar surface area (TPSA) is 76.1 Å². The number of aromatic nitrogens is 2. The van der Waals surface area contributed by atoms with Gasteiger partial charge in [0, 0.05) is 24.9 Å². The molecule has 6 heteroatoms. The number of aryl methyl sites for hydroxylation is 2. The molecular weight excluding hydrogens is 340 g/mol. The number of amides is 1. The van der Waals surface area contributed by atoms with Gasteiger partial charge < -0.3 is 15.4 Å². The molecule has 1 saturated heterocycles. The van der Waals surface area contributed by atoms with Gasteiger partial charge in [-0.1, -0.05) is 32.0 Å². The van der Waals surface area contributed by atoms with E-state index in [9.17, 15) is 4.79 Å². The van der Waals surface area contributed by atoms with Crippen molar-refractivity contribution < 1.29 is 9.53 Å². The molecule has 6 nitrogen and oxygen atoms in total. The Morgan fingerprint density at radius 2 is 2.11 bits per heavy atom. The fourth-order valence-electron chi connectivity index (χ4n) is 3.32. The largest absolute Gasteiger partial charge is 0.376 e. The quantitative estimate of drug-likeness (QED) is 0.804. The summed E-state index contributed by atoms with van der Waals surface area (Å²) in [5.74, 6) is 1.30. The Bertz CT molecular complexity index is 814. The van der Waals surface area contributed by atoms with Gasteiger partial charge in [0.05, 0.1) is 6.10 Å². The van der Waals surface area contributed by atoms with Gasteiger partial charge in [-0.3, -0.25) is 4.79 Å².